The van der Waals surface area contributed by atoms with Crippen molar-refractivity contribution >= 4 is 5.69 Å². The van der Waals surface area contributed by atoms with E-state index in [1.165, 1.54) is 0 Å². The van der Waals surface area contributed by atoms with Crippen LogP contribution in [0.3, 0.4) is 0 Å². The Labute approximate surface area is 55.1 Å². The highest BCUT2D eigenvalue weighted by Crippen LogP contribution is 1.78. The first kappa shape index (κ1) is 6.40. The molecule has 5 N–H and O–H groups in total. The van der Waals surface area contributed by atoms with E-state index in [1.807, 2.05) is 0 Å². The normalized spacial score (nSPS) is 9.60. The molecular formula is C4H6N4O2. The van der Waals surface area contributed by atoms with Crippen molar-refractivity contribution in [3.05, 3.63) is 27.0 Å². The van der Waals surface area contributed by atoms with Gasteiger partial charge in [0.05, 0.1) is 0 Å². The van der Waals surface area contributed by atoms with Crippen LogP contribution >= 0.6 is 0 Å². The summed E-state index contributed by atoms with van der Waals surface area (Å²) in [5.74, 6) is 4.96. The minimum atomic E-state index is -0.691. The van der Waals surface area contributed by atoms with E-state index in [1.54, 1.807) is 0 Å². The molecule has 0 aliphatic carbocycles. The molecule has 0 fully saturated rings. The SMILES string of the molecule is Nc1c[nH]c(=O)n(N)c1=O. The first-order valence-electron chi connectivity index (χ1n) is 2.48. The van der Waals surface area contributed by atoms with E-state index < -0.39 is 11.2 Å². The fourth-order valence-electron chi connectivity index (χ4n) is 0.502. The molecule has 0 radical (unpaired) electrons. The third-order valence-electron chi connectivity index (χ3n) is 1.04. The van der Waals surface area contributed by atoms with Crippen molar-refractivity contribution < 1.29 is 0 Å². The predicted molar refractivity (Wildman–Crippen MR) is 35.9 cm³/mol. The maximum atomic E-state index is 10.7. The number of aromatic amines is 1. The molecule has 54 valence electrons. The van der Waals surface area contributed by atoms with Crippen LogP contribution in [0.4, 0.5) is 5.69 Å². The van der Waals surface area contributed by atoms with E-state index in [0.29, 0.717) is 4.68 Å². The van der Waals surface area contributed by atoms with E-state index >= 15 is 0 Å². The van der Waals surface area contributed by atoms with Crippen LogP contribution in [-0.4, -0.2) is 9.66 Å². The summed E-state index contributed by atoms with van der Waals surface area (Å²) in [5.41, 5.74) is 3.65. The van der Waals surface area contributed by atoms with Crippen molar-refractivity contribution in [2.75, 3.05) is 11.6 Å². The number of hydrogen-bond donors (Lipinski definition) is 3. The van der Waals surface area contributed by atoms with Crippen molar-refractivity contribution in [2.45, 2.75) is 0 Å². The van der Waals surface area contributed by atoms with Crippen LogP contribution in [0.25, 0.3) is 0 Å². The Morgan fingerprint density at radius 3 is 2.60 bits per heavy atom. The lowest BCUT2D eigenvalue weighted by molar-refractivity contribution is 0.838. The van der Waals surface area contributed by atoms with Crippen molar-refractivity contribution in [3.63, 3.8) is 0 Å². The Kier molecular flexibility index (Phi) is 1.22. The summed E-state index contributed by atoms with van der Waals surface area (Å²) in [6.07, 6.45) is 1.11. The first-order valence-corrected chi connectivity index (χ1v) is 2.48. The number of rotatable bonds is 0. The third-order valence-corrected chi connectivity index (χ3v) is 1.04. The second-order valence-electron chi connectivity index (χ2n) is 1.72. The number of nitrogens with two attached hydrogens (primary N) is 2. The minimum absolute atomic E-state index is 0.0814. The first-order chi connectivity index (χ1) is 4.63. The van der Waals surface area contributed by atoms with Gasteiger partial charge in [-0.05, 0) is 0 Å². The predicted octanol–water partition coefficient (Wildman–Crippen LogP) is -2.17. The summed E-state index contributed by atoms with van der Waals surface area (Å²) < 4.78 is 0.412. The Morgan fingerprint density at radius 1 is 1.50 bits per heavy atom. The van der Waals surface area contributed by atoms with Gasteiger partial charge in [0, 0.05) is 6.20 Å². The average molecular weight is 142 g/mol. The van der Waals surface area contributed by atoms with Gasteiger partial charge in [-0.15, -0.1) is 0 Å². The second kappa shape index (κ2) is 1.90. The zero-order valence-corrected chi connectivity index (χ0v) is 5.00. The molecule has 1 aromatic heterocycles. The highest BCUT2D eigenvalue weighted by Gasteiger charge is 1.97. The summed E-state index contributed by atoms with van der Waals surface area (Å²) >= 11 is 0. The van der Waals surface area contributed by atoms with Gasteiger partial charge in [0.15, 0.2) is 0 Å². The van der Waals surface area contributed by atoms with Crippen molar-refractivity contribution in [3.8, 4) is 0 Å². The second-order valence-corrected chi connectivity index (χ2v) is 1.72. The van der Waals surface area contributed by atoms with Crippen molar-refractivity contribution in [1.29, 1.82) is 0 Å². The topological polar surface area (TPSA) is 107 Å². The molecule has 10 heavy (non-hydrogen) atoms. The van der Waals surface area contributed by atoms with Gasteiger partial charge in [-0.2, -0.15) is 4.68 Å². The Morgan fingerprint density at radius 2 is 2.10 bits per heavy atom. The molecule has 0 bridgehead atoms. The molecule has 1 heterocycles. The van der Waals surface area contributed by atoms with Crippen LogP contribution < -0.4 is 22.8 Å². The van der Waals surface area contributed by atoms with Crippen LogP contribution in [-0.2, 0) is 0 Å². The van der Waals surface area contributed by atoms with Gasteiger partial charge in [0.25, 0.3) is 5.56 Å². The van der Waals surface area contributed by atoms with Gasteiger partial charge in [-0.3, -0.25) is 4.79 Å². The van der Waals surface area contributed by atoms with Crippen LogP contribution in [0.2, 0.25) is 0 Å². The summed E-state index contributed by atoms with van der Waals surface area (Å²) in [7, 11) is 0. The number of nitrogens with one attached hydrogen (secondary N) is 1. The Bertz CT molecular complexity index is 349. The average Bonchev–Trinajstić information content (AvgIpc) is 1.93. The maximum Gasteiger partial charge on any atom is 0.347 e. The molecule has 0 amide bonds. The zero-order valence-electron chi connectivity index (χ0n) is 5.00. The van der Waals surface area contributed by atoms with Gasteiger partial charge < -0.3 is 16.6 Å². The van der Waals surface area contributed by atoms with Crippen molar-refractivity contribution in [2.24, 2.45) is 0 Å². The van der Waals surface area contributed by atoms with E-state index in [2.05, 4.69) is 4.98 Å². The molecule has 0 aliphatic heterocycles. The molecular weight excluding hydrogens is 136 g/mol. The molecule has 0 aliphatic rings. The summed E-state index contributed by atoms with van der Waals surface area (Å²) in [6.45, 7) is 0. The molecule has 1 rings (SSSR count). The molecule has 0 spiro atoms. The molecule has 0 unspecified atom stereocenters. The smallest absolute Gasteiger partial charge is 0.347 e. The molecule has 0 saturated carbocycles. The highest BCUT2D eigenvalue weighted by molar-refractivity contribution is 5.29. The number of anilines is 1. The van der Waals surface area contributed by atoms with E-state index in [4.69, 9.17) is 11.6 Å². The lowest BCUT2D eigenvalue weighted by Gasteiger charge is -1.94. The standard InChI is InChI=1S/C4H6N4O2/c5-2-1-7-4(10)8(6)3(2)9/h1H,5-6H2,(H,7,10). The number of hydrogen-bond acceptors (Lipinski definition) is 4. The summed E-state index contributed by atoms with van der Waals surface area (Å²) in [5, 5.41) is 0. The van der Waals surface area contributed by atoms with E-state index in [9.17, 15) is 9.59 Å². The van der Waals surface area contributed by atoms with Gasteiger partial charge in [0.2, 0.25) is 0 Å². The summed E-state index contributed by atoms with van der Waals surface area (Å²) in [6, 6.07) is 0. The quantitative estimate of drug-likeness (QED) is 0.358. The van der Waals surface area contributed by atoms with Crippen LogP contribution in [0, 0.1) is 0 Å². The molecule has 1 aromatic rings. The summed E-state index contributed by atoms with van der Waals surface area (Å²) in [4.78, 5) is 23.4. The van der Waals surface area contributed by atoms with Crippen LogP contribution in [0.15, 0.2) is 15.8 Å². The Hall–Kier alpha value is -1.72. The van der Waals surface area contributed by atoms with Crippen LogP contribution in [0.1, 0.15) is 0 Å². The fraction of sp³-hybridized carbons (Fsp3) is 0. The molecule has 0 atom stereocenters. The minimum Gasteiger partial charge on any atom is -0.393 e. The highest BCUT2D eigenvalue weighted by atomic mass is 16.2. The Balaban J connectivity index is 3.66. The van der Waals surface area contributed by atoms with E-state index in [-0.39, 0.29) is 5.69 Å². The molecule has 6 nitrogen and oxygen atoms in total. The number of nitrogens with zero attached hydrogens (tertiary/aromatic N) is 1. The van der Waals surface area contributed by atoms with Gasteiger partial charge in [-0.1, -0.05) is 0 Å². The van der Waals surface area contributed by atoms with Gasteiger partial charge in [-0.25, -0.2) is 4.79 Å². The van der Waals surface area contributed by atoms with Gasteiger partial charge >= 0.3 is 5.69 Å². The largest absolute Gasteiger partial charge is 0.393 e. The number of nitrogen functional groups attached to an aromatic ring is 2. The third kappa shape index (κ3) is 0.750. The van der Waals surface area contributed by atoms with Crippen LogP contribution in [0.5, 0.6) is 0 Å². The fourth-order valence-corrected chi connectivity index (χ4v) is 0.502. The number of H-pyrrole nitrogens is 1. The lowest BCUT2D eigenvalue weighted by atomic mass is 10.5. The van der Waals surface area contributed by atoms with E-state index in [0.717, 1.165) is 6.20 Å². The van der Waals surface area contributed by atoms with Gasteiger partial charge in [0.1, 0.15) is 5.69 Å². The molecule has 0 saturated heterocycles. The molecule has 0 aromatic carbocycles. The zero-order chi connectivity index (χ0) is 7.72. The number of aromatic nitrogens is 2. The molecule has 6 heteroatoms. The maximum absolute atomic E-state index is 10.7. The monoisotopic (exact) mass is 142 g/mol. The van der Waals surface area contributed by atoms with Crippen molar-refractivity contribution in [1.82, 2.24) is 9.66 Å². The lowest BCUT2D eigenvalue weighted by Crippen LogP contribution is -2.41.